The predicted molar refractivity (Wildman–Crippen MR) is 100 cm³/mol. The number of morpholine rings is 1. The van der Waals surface area contributed by atoms with E-state index in [0.29, 0.717) is 24.9 Å². The van der Waals surface area contributed by atoms with Crippen LogP contribution in [-0.2, 0) is 9.47 Å². The predicted octanol–water partition coefficient (Wildman–Crippen LogP) is 1.35. The van der Waals surface area contributed by atoms with Gasteiger partial charge < -0.3 is 24.5 Å². The lowest BCUT2D eigenvalue weighted by atomic mass is 10.3. The van der Waals surface area contributed by atoms with Crippen LogP contribution in [0.5, 0.6) is 5.88 Å². The molecule has 1 aliphatic heterocycles. The van der Waals surface area contributed by atoms with Crippen LogP contribution >= 0.6 is 0 Å². The Morgan fingerprint density at radius 3 is 2.85 bits per heavy atom. The highest BCUT2D eigenvalue weighted by molar-refractivity contribution is 5.93. The summed E-state index contributed by atoms with van der Waals surface area (Å²) >= 11 is 0. The molecule has 142 valence electrons. The van der Waals surface area contributed by atoms with Gasteiger partial charge in [0.15, 0.2) is 0 Å². The topological polar surface area (TPSA) is 94.2 Å². The van der Waals surface area contributed by atoms with E-state index >= 15 is 0 Å². The van der Waals surface area contributed by atoms with Crippen LogP contribution in [0.3, 0.4) is 0 Å². The summed E-state index contributed by atoms with van der Waals surface area (Å²) in [6, 6.07) is 3.76. The zero-order valence-corrected chi connectivity index (χ0v) is 15.4. The number of ether oxygens (including phenoxy) is 3. The first-order valence-electron chi connectivity index (χ1n) is 8.52. The monoisotopic (exact) mass is 361 g/mol. The normalized spacial score (nSPS) is 15.6. The second-order valence-corrected chi connectivity index (χ2v) is 5.79. The van der Waals surface area contributed by atoms with Gasteiger partial charge in [-0.05, 0) is 26.0 Å². The van der Waals surface area contributed by atoms with E-state index in [9.17, 15) is 0 Å². The third-order valence-electron chi connectivity index (χ3n) is 3.73. The second-order valence-electron chi connectivity index (χ2n) is 5.79. The van der Waals surface area contributed by atoms with Crippen LogP contribution in [0.4, 0.5) is 0 Å². The second kappa shape index (κ2) is 10.4. The van der Waals surface area contributed by atoms with Crippen molar-refractivity contribution in [1.82, 2.24) is 15.3 Å². The minimum atomic E-state index is 0.254. The lowest BCUT2D eigenvalue weighted by Gasteiger charge is -2.29. The van der Waals surface area contributed by atoms with Crippen LogP contribution in [0.15, 0.2) is 47.6 Å². The molecule has 8 nitrogen and oxygen atoms in total. The lowest BCUT2D eigenvalue weighted by molar-refractivity contribution is 0.0538. The molecule has 2 rings (SSSR count). The third-order valence-corrected chi connectivity index (χ3v) is 3.73. The molecular weight excluding hydrogens is 334 g/mol. The molecule has 0 spiro atoms. The number of aliphatic imine (C=N–C) groups is 1. The number of hydrogen-bond acceptors (Lipinski definition) is 7. The van der Waals surface area contributed by atoms with E-state index in [-0.39, 0.29) is 5.88 Å². The van der Waals surface area contributed by atoms with Crippen molar-refractivity contribution in [2.75, 3.05) is 39.5 Å². The molecule has 0 saturated carbocycles. The lowest BCUT2D eigenvalue weighted by Crippen LogP contribution is -2.36. The van der Waals surface area contributed by atoms with E-state index in [1.165, 1.54) is 0 Å². The summed E-state index contributed by atoms with van der Waals surface area (Å²) in [4.78, 5) is 10.6. The Labute approximate surface area is 154 Å². The Hall–Kier alpha value is -2.58. The number of amidine groups is 1. The average Bonchev–Trinajstić information content (AvgIpc) is 2.66. The van der Waals surface area contributed by atoms with Gasteiger partial charge in [-0.15, -0.1) is 0 Å². The highest BCUT2D eigenvalue weighted by atomic mass is 16.5. The molecule has 0 atom stereocenters. The van der Waals surface area contributed by atoms with Gasteiger partial charge in [0.1, 0.15) is 19.0 Å². The molecule has 1 fully saturated rings. The van der Waals surface area contributed by atoms with Crippen LogP contribution in [-0.4, -0.2) is 55.2 Å². The zero-order valence-electron chi connectivity index (χ0n) is 15.4. The summed E-state index contributed by atoms with van der Waals surface area (Å²) in [6.07, 6.45) is 3.61. The quantitative estimate of drug-likeness (QED) is 0.180. The van der Waals surface area contributed by atoms with Gasteiger partial charge >= 0.3 is 0 Å². The molecule has 3 N–H and O–H groups in total. The van der Waals surface area contributed by atoms with Gasteiger partial charge in [-0.1, -0.05) is 6.07 Å². The molecule has 0 aliphatic carbocycles. The summed E-state index contributed by atoms with van der Waals surface area (Å²) in [6.45, 7) is 11.6. The molecule has 0 radical (unpaired) electrons. The number of pyridine rings is 1. The van der Waals surface area contributed by atoms with Gasteiger partial charge in [0, 0.05) is 37.1 Å². The van der Waals surface area contributed by atoms with Crippen LogP contribution < -0.4 is 16.0 Å². The maximum Gasteiger partial charge on any atom is 0.213 e. The number of aromatic nitrogens is 1. The Kier molecular flexibility index (Phi) is 7.91. The van der Waals surface area contributed by atoms with Crippen molar-refractivity contribution >= 4 is 5.84 Å². The van der Waals surface area contributed by atoms with Crippen molar-refractivity contribution in [2.24, 2.45) is 10.8 Å². The van der Waals surface area contributed by atoms with E-state index in [1.54, 1.807) is 6.20 Å². The van der Waals surface area contributed by atoms with Crippen molar-refractivity contribution in [1.29, 1.82) is 0 Å². The average molecular weight is 361 g/mol. The van der Waals surface area contributed by atoms with E-state index in [4.69, 9.17) is 20.1 Å². The van der Waals surface area contributed by atoms with Crippen molar-refractivity contribution in [3.63, 3.8) is 0 Å². The van der Waals surface area contributed by atoms with E-state index < -0.39 is 0 Å². The number of nitrogens with zero attached hydrogens (tertiary/aromatic N) is 3. The van der Waals surface area contributed by atoms with E-state index in [2.05, 4.69) is 26.9 Å². The molecule has 1 aromatic heterocycles. The standard InChI is InChI=1S/C18H27N5O3/c1-14-4-5-18(20-13-14)26-11-10-25-16(3)21-17(22-19)12-15(2)23-6-8-24-9-7-23/h4-5,12-13H,3,6-11,19H2,1-2H3,(H,21,22)/b15-12+. The van der Waals surface area contributed by atoms with Crippen LogP contribution in [0, 0.1) is 6.92 Å². The molecule has 1 aromatic rings. The van der Waals surface area contributed by atoms with Gasteiger partial charge in [-0.25, -0.2) is 10.8 Å². The van der Waals surface area contributed by atoms with Gasteiger partial charge in [-0.3, -0.25) is 0 Å². The van der Waals surface area contributed by atoms with Crippen LogP contribution in [0.25, 0.3) is 0 Å². The molecule has 1 saturated heterocycles. The fraction of sp³-hybridized carbons (Fsp3) is 0.444. The van der Waals surface area contributed by atoms with Gasteiger partial charge in [0.25, 0.3) is 0 Å². The molecule has 2 heterocycles. The van der Waals surface area contributed by atoms with Crippen molar-refractivity contribution in [3.05, 3.63) is 48.1 Å². The highest BCUT2D eigenvalue weighted by Gasteiger charge is 2.11. The molecule has 0 unspecified atom stereocenters. The Morgan fingerprint density at radius 1 is 1.42 bits per heavy atom. The molecular formula is C18H27N5O3. The minimum Gasteiger partial charge on any atom is -0.474 e. The summed E-state index contributed by atoms with van der Waals surface area (Å²) in [7, 11) is 0. The van der Waals surface area contributed by atoms with E-state index in [0.717, 1.165) is 37.6 Å². The number of aryl methyl sites for hydroxylation is 1. The molecule has 26 heavy (non-hydrogen) atoms. The number of nitrogens with two attached hydrogens (primary N) is 1. The Morgan fingerprint density at radius 2 is 2.19 bits per heavy atom. The van der Waals surface area contributed by atoms with Gasteiger partial charge in [0.2, 0.25) is 11.8 Å². The summed E-state index contributed by atoms with van der Waals surface area (Å²) in [5.41, 5.74) is 4.69. The summed E-state index contributed by atoms with van der Waals surface area (Å²) < 4.78 is 16.3. The minimum absolute atomic E-state index is 0.254. The first-order valence-corrected chi connectivity index (χ1v) is 8.52. The summed E-state index contributed by atoms with van der Waals surface area (Å²) in [5.74, 6) is 6.83. The van der Waals surface area contributed by atoms with Crippen molar-refractivity contribution in [3.8, 4) is 5.88 Å². The maximum atomic E-state index is 5.54. The van der Waals surface area contributed by atoms with Crippen molar-refractivity contribution in [2.45, 2.75) is 13.8 Å². The van der Waals surface area contributed by atoms with Crippen LogP contribution in [0.1, 0.15) is 12.5 Å². The number of hydrogen-bond donors (Lipinski definition) is 2. The van der Waals surface area contributed by atoms with E-state index in [1.807, 2.05) is 32.1 Å². The molecule has 8 heteroatoms. The number of hydrazine groups is 1. The first-order chi connectivity index (χ1) is 12.6. The smallest absolute Gasteiger partial charge is 0.213 e. The largest absolute Gasteiger partial charge is 0.474 e. The third kappa shape index (κ3) is 6.73. The van der Waals surface area contributed by atoms with Crippen molar-refractivity contribution < 1.29 is 14.2 Å². The fourth-order valence-electron chi connectivity index (χ4n) is 2.32. The number of nitrogens with one attached hydrogen (secondary N) is 1. The molecule has 0 aromatic carbocycles. The Bertz CT molecular complexity index is 637. The highest BCUT2D eigenvalue weighted by Crippen LogP contribution is 2.08. The van der Waals surface area contributed by atoms with Gasteiger partial charge in [0.05, 0.1) is 13.2 Å². The molecule has 1 aliphatic rings. The first kappa shape index (κ1) is 19.7. The van der Waals surface area contributed by atoms with Gasteiger partial charge in [-0.2, -0.15) is 4.99 Å². The molecule has 0 amide bonds. The van der Waals surface area contributed by atoms with Crippen LogP contribution in [0.2, 0.25) is 0 Å². The zero-order chi connectivity index (χ0) is 18.8. The Balaban J connectivity index is 1.78. The summed E-state index contributed by atoms with van der Waals surface area (Å²) in [5, 5.41) is 0. The molecule has 0 bridgehead atoms. The number of rotatable bonds is 8. The fourth-order valence-corrected chi connectivity index (χ4v) is 2.32. The maximum absolute atomic E-state index is 5.54. The SMILES string of the molecule is C=C(/N=C(\C=C(/C)N1CCOCC1)NN)OCCOc1ccc(C)cn1. The number of allylic oxidation sites excluding steroid dienone is 1.